The molecule has 0 bridgehead atoms. The van der Waals surface area contributed by atoms with Crippen molar-refractivity contribution in [2.45, 2.75) is 13.5 Å². The van der Waals surface area contributed by atoms with Crippen molar-refractivity contribution in [3.8, 4) is 0 Å². The van der Waals surface area contributed by atoms with Gasteiger partial charge in [-0.1, -0.05) is 30.3 Å². The van der Waals surface area contributed by atoms with Gasteiger partial charge in [-0.05, 0) is 30.7 Å². The van der Waals surface area contributed by atoms with Crippen molar-refractivity contribution < 1.29 is 0 Å². The second-order valence-corrected chi connectivity index (χ2v) is 5.00. The van der Waals surface area contributed by atoms with E-state index in [-0.39, 0.29) is 5.56 Å². The summed E-state index contributed by atoms with van der Waals surface area (Å²) in [7, 11) is 0. The molecule has 4 heteroatoms. The largest absolute Gasteiger partial charge is 0.383 e. The van der Waals surface area contributed by atoms with E-state index < -0.39 is 0 Å². The zero-order valence-electron chi connectivity index (χ0n) is 11.9. The molecular formula is C17H17N3O. The van der Waals surface area contributed by atoms with E-state index in [9.17, 15) is 4.79 Å². The topological polar surface area (TPSA) is 46.9 Å². The number of aromatic nitrogens is 2. The van der Waals surface area contributed by atoms with Crippen LogP contribution in [-0.2, 0) is 6.54 Å². The van der Waals surface area contributed by atoms with Crippen LogP contribution in [0.25, 0.3) is 10.9 Å². The van der Waals surface area contributed by atoms with E-state index in [0.29, 0.717) is 18.5 Å². The van der Waals surface area contributed by atoms with Gasteiger partial charge < -0.3 is 5.32 Å². The molecule has 0 fully saturated rings. The molecule has 4 nitrogen and oxygen atoms in total. The average molecular weight is 279 g/mol. The fourth-order valence-corrected chi connectivity index (χ4v) is 2.35. The van der Waals surface area contributed by atoms with Gasteiger partial charge >= 0.3 is 0 Å². The molecule has 0 radical (unpaired) electrons. The molecule has 0 aliphatic carbocycles. The molecule has 106 valence electrons. The van der Waals surface area contributed by atoms with Gasteiger partial charge in [0.25, 0.3) is 5.56 Å². The van der Waals surface area contributed by atoms with Crippen LogP contribution in [0, 0.1) is 6.92 Å². The van der Waals surface area contributed by atoms with Crippen LogP contribution in [0.4, 0.5) is 5.69 Å². The normalized spacial score (nSPS) is 10.7. The highest BCUT2D eigenvalue weighted by Gasteiger charge is 2.03. The van der Waals surface area contributed by atoms with E-state index >= 15 is 0 Å². The van der Waals surface area contributed by atoms with Gasteiger partial charge in [0.15, 0.2) is 0 Å². The van der Waals surface area contributed by atoms with Crippen molar-refractivity contribution >= 4 is 16.6 Å². The lowest BCUT2D eigenvalue weighted by molar-refractivity contribution is 0.689. The molecule has 0 saturated heterocycles. The molecule has 1 N–H and O–H groups in total. The summed E-state index contributed by atoms with van der Waals surface area (Å²) in [6.07, 6.45) is 1.62. The monoisotopic (exact) mass is 279 g/mol. The second kappa shape index (κ2) is 5.79. The third-order valence-electron chi connectivity index (χ3n) is 3.54. The minimum absolute atomic E-state index is 0.00665. The number of benzene rings is 2. The SMILES string of the molecule is Cc1ccccc1NCCn1cnc2ccccc2c1=O. The minimum atomic E-state index is 0.00665. The van der Waals surface area contributed by atoms with E-state index in [1.165, 1.54) is 5.56 Å². The van der Waals surface area contributed by atoms with E-state index in [2.05, 4.69) is 23.3 Å². The number of anilines is 1. The zero-order valence-corrected chi connectivity index (χ0v) is 11.9. The van der Waals surface area contributed by atoms with E-state index in [4.69, 9.17) is 0 Å². The van der Waals surface area contributed by atoms with Gasteiger partial charge in [0.1, 0.15) is 0 Å². The Labute approximate surface area is 123 Å². The van der Waals surface area contributed by atoms with Gasteiger partial charge in [0.05, 0.1) is 17.2 Å². The molecule has 2 aromatic carbocycles. The third kappa shape index (κ3) is 2.79. The molecule has 1 heterocycles. The first-order chi connectivity index (χ1) is 10.3. The predicted molar refractivity (Wildman–Crippen MR) is 85.7 cm³/mol. The van der Waals surface area contributed by atoms with Gasteiger partial charge in [-0.25, -0.2) is 4.98 Å². The molecule has 21 heavy (non-hydrogen) atoms. The summed E-state index contributed by atoms with van der Waals surface area (Å²) in [6.45, 7) is 3.34. The molecule has 0 saturated carbocycles. The molecule has 1 aromatic heterocycles. The maximum Gasteiger partial charge on any atom is 0.261 e. The number of nitrogens with zero attached hydrogens (tertiary/aromatic N) is 2. The first kappa shape index (κ1) is 13.4. The second-order valence-electron chi connectivity index (χ2n) is 5.00. The van der Waals surface area contributed by atoms with E-state index in [0.717, 1.165) is 11.2 Å². The van der Waals surface area contributed by atoms with Crippen LogP contribution in [0.5, 0.6) is 0 Å². The maximum atomic E-state index is 12.3. The third-order valence-corrected chi connectivity index (χ3v) is 3.54. The van der Waals surface area contributed by atoms with Crippen molar-refractivity contribution in [3.63, 3.8) is 0 Å². The molecule has 3 aromatic rings. The Morgan fingerprint density at radius 2 is 1.86 bits per heavy atom. The minimum Gasteiger partial charge on any atom is -0.383 e. The first-order valence-corrected chi connectivity index (χ1v) is 6.99. The maximum absolute atomic E-state index is 12.3. The highest BCUT2D eigenvalue weighted by atomic mass is 16.1. The van der Waals surface area contributed by atoms with Crippen LogP contribution < -0.4 is 10.9 Å². The average Bonchev–Trinajstić information content (AvgIpc) is 2.52. The number of aryl methyl sites for hydroxylation is 1. The lowest BCUT2D eigenvalue weighted by atomic mass is 10.2. The molecular weight excluding hydrogens is 262 g/mol. The van der Waals surface area contributed by atoms with Gasteiger partial charge in [-0.15, -0.1) is 0 Å². The van der Waals surface area contributed by atoms with Gasteiger partial charge in [-0.2, -0.15) is 0 Å². The number of nitrogens with one attached hydrogen (secondary N) is 1. The van der Waals surface area contributed by atoms with Crippen LogP contribution in [0.3, 0.4) is 0 Å². The van der Waals surface area contributed by atoms with Gasteiger partial charge in [-0.3, -0.25) is 9.36 Å². The van der Waals surface area contributed by atoms with E-state index in [1.54, 1.807) is 10.9 Å². The summed E-state index contributed by atoms with van der Waals surface area (Å²) in [5.41, 5.74) is 3.04. The number of fused-ring (bicyclic) bond motifs is 1. The zero-order chi connectivity index (χ0) is 14.7. The van der Waals surface area contributed by atoms with Gasteiger partial charge in [0.2, 0.25) is 0 Å². The molecule has 0 atom stereocenters. The summed E-state index contributed by atoms with van der Waals surface area (Å²) < 4.78 is 1.65. The van der Waals surface area contributed by atoms with Crippen LogP contribution in [0.1, 0.15) is 5.56 Å². The molecule has 0 aliphatic heterocycles. The van der Waals surface area contributed by atoms with Crippen LogP contribution >= 0.6 is 0 Å². The van der Waals surface area contributed by atoms with Gasteiger partial charge in [0, 0.05) is 18.8 Å². The standard InChI is InChI=1S/C17H17N3O/c1-13-6-2-4-8-15(13)18-10-11-20-12-19-16-9-5-3-7-14(16)17(20)21/h2-9,12,18H,10-11H2,1H3. The van der Waals surface area contributed by atoms with E-state index in [1.807, 2.05) is 42.5 Å². The van der Waals surface area contributed by atoms with Crippen LogP contribution in [0.2, 0.25) is 0 Å². The Balaban J connectivity index is 1.76. The first-order valence-electron chi connectivity index (χ1n) is 6.99. The van der Waals surface area contributed by atoms with Crippen molar-refractivity contribution in [3.05, 3.63) is 70.8 Å². The summed E-state index contributed by atoms with van der Waals surface area (Å²) in [5, 5.41) is 4.01. The lowest BCUT2D eigenvalue weighted by Gasteiger charge is -2.10. The Bertz CT molecular complexity index is 823. The molecule has 0 unspecified atom stereocenters. The Morgan fingerprint density at radius 3 is 2.71 bits per heavy atom. The Kier molecular flexibility index (Phi) is 3.69. The molecule has 0 aliphatic rings. The summed E-state index contributed by atoms with van der Waals surface area (Å²) in [6, 6.07) is 15.5. The summed E-state index contributed by atoms with van der Waals surface area (Å²) in [5.74, 6) is 0. The smallest absolute Gasteiger partial charge is 0.261 e. The molecule has 0 spiro atoms. The van der Waals surface area contributed by atoms with Crippen LogP contribution in [0.15, 0.2) is 59.7 Å². The van der Waals surface area contributed by atoms with Crippen molar-refractivity contribution in [2.24, 2.45) is 0 Å². The quantitative estimate of drug-likeness (QED) is 0.799. The highest BCUT2D eigenvalue weighted by Crippen LogP contribution is 2.12. The van der Waals surface area contributed by atoms with Crippen molar-refractivity contribution in [1.82, 2.24) is 9.55 Å². The number of rotatable bonds is 4. The summed E-state index contributed by atoms with van der Waals surface area (Å²) in [4.78, 5) is 16.7. The van der Waals surface area contributed by atoms with Crippen molar-refractivity contribution in [2.75, 3.05) is 11.9 Å². The number of para-hydroxylation sites is 2. The Hall–Kier alpha value is -2.62. The van der Waals surface area contributed by atoms with Crippen LogP contribution in [-0.4, -0.2) is 16.1 Å². The van der Waals surface area contributed by atoms with Crippen molar-refractivity contribution in [1.29, 1.82) is 0 Å². The number of hydrogen-bond acceptors (Lipinski definition) is 3. The lowest BCUT2D eigenvalue weighted by Crippen LogP contribution is -2.24. The summed E-state index contributed by atoms with van der Waals surface area (Å²) >= 11 is 0. The number of hydrogen-bond donors (Lipinski definition) is 1. The Morgan fingerprint density at radius 1 is 1.10 bits per heavy atom. The molecule has 3 rings (SSSR count). The predicted octanol–water partition coefficient (Wildman–Crippen LogP) is 2.82. The highest BCUT2D eigenvalue weighted by molar-refractivity contribution is 5.76. The molecule has 0 amide bonds. The fourth-order valence-electron chi connectivity index (χ4n) is 2.35. The fraction of sp³-hybridized carbons (Fsp3) is 0.176.